The molecule has 2 aromatic heterocycles. The highest BCUT2D eigenvalue weighted by molar-refractivity contribution is 6.33. The average molecular weight is 604 g/mol. The predicted molar refractivity (Wildman–Crippen MR) is 165 cm³/mol. The van der Waals surface area contributed by atoms with Crippen molar-refractivity contribution >= 4 is 34.2 Å². The van der Waals surface area contributed by atoms with Gasteiger partial charge in [-0.2, -0.15) is 0 Å². The number of aromatic hydroxyl groups is 2. The number of piperidine rings is 2. The van der Waals surface area contributed by atoms with Crippen LogP contribution in [0, 0.1) is 5.41 Å². The molecule has 2 aliphatic heterocycles. The molecule has 4 aromatic rings. The number of anilines is 1. The number of hydrogen-bond acceptors (Lipinski definition) is 9. The Morgan fingerprint density at radius 1 is 1.09 bits per heavy atom. The number of aromatic nitrogens is 1. The van der Waals surface area contributed by atoms with Crippen molar-refractivity contribution in [3.05, 3.63) is 81.7 Å². The molecule has 0 amide bonds. The van der Waals surface area contributed by atoms with Crippen LogP contribution >= 0.6 is 11.6 Å². The van der Waals surface area contributed by atoms with Crippen molar-refractivity contribution in [2.24, 2.45) is 5.41 Å². The predicted octanol–water partition coefficient (Wildman–Crippen LogP) is 5.56. The van der Waals surface area contributed by atoms with Gasteiger partial charge in [-0.05, 0) is 64.0 Å². The molecular weight excluding hydrogens is 570 g/mol. The minimum Gasteiger partial charge on any atom is -0.507 e. The number of phenols is 2. The second-order valence-corrected chi connectivity index (χ2v) is 12.3. The number of rotatable bonds is 5. The van der Waals surface area contributed by atoms with Crippen molar-refractivity contribution < 1.29 is 24.2 Å². The van der Waals surface area contributed by atoms with Gasteiger partial charge < -0.3 is 29.2 Å². The molecule has 0 spiro atoms. The number of halogens is 1. The third-order valence-electron chi connectivity index (χ3n) is 8.90. The summed E-state index contributed by atoms with van der Waals surface area (Å²) in [6, 6.07) is 13.3. The fourth-order valence-electron chi connectivity index (χ4n) is 6.28. The Bertz CT molecular complexity index is 1720. The zero-order valence-electron chi connectivity index (χ0n) is 24.1. The second kappa shape index (κ2) is 11.5. The zero-order valence-corrected chi connectivity index (χ0v) is 24.9. The Hall–Kier alpha value is -4.08. The van der Waals surface area contributed by atoms with E-state index in [4.69, 9.17) is 20.8 Å². The number of carbonyl (C=O) groups is 1. The number of nitrogens with zero attached hydrogens (tertiary/aromatic N) is 3. The van der Waals surface area contributed by atoms with E-state index in [0.717, 1.165) is 11.8 Å². The van der Waals surface area contributed by atoms with Gasteiger partial charge in [0.25, 0.3) is 0 Å². The van der Waals surface area contributed by atoms with Gasteiger partial charge >= 0.3 is 5.97 Å². The number of esters is 1. The summed E-state index contributed by atoms with van der Waals surface area (Å²) in [5.41, 5.74) is 0.785. The number of pyridine rings is 1. The lowest BCUT2D eigenvalue weighted by atomic mass is 9.79. The monoisotopic (exact) mass is 603 g/mol. The zero-order chi connectivity index (χ0) is 30.3. The Labute approximate surface area is 254 Å². The van der Waals surface area contributed by atoms with E-state index in [1.165, 1.54) is 6.07 Å². The lowest BCUT2D eigenvalue weighted by molar-refractivity contribution is -0.165. The van der Waals surface area contributed by atoms with Gasteiger partial charge in [0.15, 0.2) is 5.43 Å². The lowest BCUT2D eigenvalue weighted by Gasteiger charge is -2.41. The topological polar surface area (TPSA) is 116 Å². The molecule has 9 nitrogen and oxygen atoms in total. The standard InChI is InChI=1S/C33H34ClN3O6/c1-33(10-14-37(15-11-33)20-6-5-12-35-18-20)32(41)43-28-19-36(2)13-9-22(28)29-24(38)16-25(39)30-26(40)17-27(42-31(29)30)21-7-3-4-8-23(21)34/h3-8,12,16-18,22,28,38-39H,9-11,13-15,19H2,1-2H3/t22-,28+/m0/s1. The van der Waals surface area contributed by atoms with Crippen LogP contribution in [0.25, 0.3) is 22.3 Å². The molecule has 43 heavy (non-hydrogen) atoms. The van der Waals surface area contributed by atoms with E-state index < -0.39 is 22.9 Å². The van der Waals surface area contributed by atoms with Crippen molar-refractivity contribution in [1.82, 2.24) is 9.88 Å². The molecule has 0 aliphatic carbocycles. The molecule has 2 aliphatic rings. The molecule has 0 saturated carbocycles. The van der Waals surface area contributed by atoms with Crippen LogP contribution in [0.4, 0.5) is 5.69 Å². The molecular formula is C33H34ClN3O6. The number of likely N-dealkylation sites (N-methyl/N-ethyl adjacent to an activating group) is 1. The van der Waals surface area contributed by atoms with Gasteiger partial charge in [0.1, 0.15) is 34.3 Å². The maximum Gasteiger partial charge on any atom is 0.312 e. The van der Waals surface area contributed by atoms with Gasteiger partial charge in [-0.25, -0.2) is 0 Å². The third-order valence-corrected chi connectivity index (χ3v) is 9.23. The first-order valence-electron chi connectivity index (χ1n) is 14.5. The molecule has 6 rings (SSSR count). The van der Waals surface area contributed by atoms with Gasteiger partial charge in [-0.15, -0.1) is 0 Å². The number of likely N-dealkylation sites (tertiary alicyclic amines) is 1. The summed E-state index contributed by atoms with van der Waals surface area (Å²) in [5, 5.41) is 22.2. The van der Waals surface area contributed by atoms with Gasteiger partial charge in [0.05, 0.1) is 22.3 Å². The summed E-state index contributed by atoms with van der Waals surface area (Å²) in [5.74, 6) is -1.17. The number of hydrogen-bond donors (Lipinski definition) is 2. The smallest absolute Gasteiger partial charge is 0.312 e. The Morgan fingerprint density at radius 3 is 2.58 bits per heavy atom. The van der Waals surface area contributed by atoms with Crippen molar-refractivity contribution in [2.45, 2.75) is 38.2 Å². The molecule has 2 saturated heterocycles. The number of phenolic OH excluding ortho intramolecular Hbond substituents is 2. The van der Waals surface area contributed by atoms with Crippen LogP contribution < -0.4 is 10.3 Å². The van der Waals surface area contributed by atoms with E-state index in [9.17, 15) is 19.8 Å². The summed E-state index contributed by atoms with van der Waals surface area (Å²) in [7, 11) is 1.95. The molecule has 0 unspecified atom stereocenters. The highest BCUT2D eigenvalue weighted by Crippen LogP contribution is 2.44. The molecule has 0 radical (unpaired) electrons. The van der Waals surface area contributed by atoms with E-state index in [0.29, 0.717) is 61.6 Å². The highest BCUT2D eigenvalue weighted by Gasteiger charge is 2.43. The fraction of sp³-hybridized carbons (Fsp3) is 0.364. The highest BCUT2D eigenvalue weighted by atomic mass is 35.5. The number of carbonyl (C=O) groups excluding carboxylic acids is 1. The van der Waals surface area contributed by atoms with Crippen LogP contribution in [-0.4, -0.2) is 65.4 Å². The first kappa shape index (κ1) is 29.0. The minimum absolute atomic E-state index is 0.0395. The molecule has 2 aromatic carbocycles. The number of ether oxygens (including phenoxy) is 1. The fourth-order valence-corrected chi connectivity index (χ4v) is 6.51. The van der Waals surface area contributed by atoms with Gasteiger partial charge in [-0.3, -0.25) is 14.6 Å². The normalized spacial score (nSPS) is 20.7. The summed E-state index contributed by atoms with van der Waals surface area (Å²) in [4.78, 5) is 35.6. The van der Waals surface area contributed by atoms with Gasteiger partial charge in [0.2, 0.25) is 0 Å². The molecule has 10 heteroatoms. The van der Waals surface area contributed by atoms with Crippen molar-refractivity contribution in [3.63, 3.8) is 0 Å². The summed E-state index contributed by atoms with van der Waals surface area (Å²) < 4.78 is 12.5. The summed E-state index contributed by atoms with van der Waals surface area (Å²) in [6.45, 7) is 4.45. The largest absolute Gasteiger partial charge is 0.507 e. The lowest BCUT2D eigenvalue weighted by Crippen LogP contribution is -2.48. The molecule has 0 bridgehead atoms. The molecule has 2 N–H and O–H groups in total. The number of fused-ring (bicyclic) bond motifs is 1. The maximum absolute atomic E-state index is 13.8. The first-order chi connectivity index (χ1) is 20.6. The van der Waals surface area contributed by atoms with Crippen LogP contribution in [0.2, 0.25) is 5.02 Å². The van der Waals surface area contributed by atoms with Crippen LogP contribution in [0.1, 0.15) is 37.7 Å². The minimum atomic E-state index is -0.678. The van der Waals surface area contributed by atoms with E-state index in [1.54, 1.807) is 30.5 Å². The van der Waals surface area contributed by atoms with E-state index >= 15 is 0 Å². The van der Waals surface area contributed by atoms with Crippen molar-refractivity contribution in [1.29, 1.82) is 0 Å². The van der Waals surface area contributed by atoms with Crippen LogP contribution in [-0.2, 0) is 9.53 Å². The van der Waals surface area contributed by atoms with E-state index in [1.807, 2.05) is 32.3 Å². The van der Waals surface area contributed by atoms with Crippen LogP contribution in [0.15, 0.2) is 70.1 Å². The Morgan fingerprint density at radius 2 is 1.86 bits per heavy atom. The van der Waals surface area contributed by atoms with Crippen molar-refractivity contribution in [3.8, 4) is 22.8 Å². The quantitative estimate of drug-likeness (QED) is 0.283. The molecule has 2 fully saturated rings. The SMILES string of the molecule is CN1CC[C@H](c2c(O)cc(O)c3c(=O)cc(-c4ccccc4Cl)oc23)[C@H](OC(=O)C2(C)CCN(c3cccnc3)CC2)C1. The Kier molecular flexibility index (Phi) is 7.79. The van der Waals surface area contributed by atoms with Crippen LogP contribution in [0.5, 0.6) is 11.5 Å². The second-order valence-electron chi connectivity index (χ2n) is 11.8. The van der Waals surface area contributed by atoms with E-state index in [-0.39, 0.29) is 34.2 Å². The molecule has 2 atom stereocenters. The molecule has 224 valence electrons. The maximum atomic E-state index is 13.8. The number of benzene rings is 2. The first-order valence-corrected chi connectivity index (χ1v) is 14.8. The Balaban J connectivity index is 1.33. The average Bonchev–Trinajstić information content (AvgIpc) is 2.98. The van der Waals surface area contributed by atoms with E-state index in [2.05, 4.69) is 14.8 Å². The van der Waals surface area contributed by atoms with Crippen molar-refractivity contribution in [2.75, 3.05) is 38.1 Å². The third kappa shape index (κ3) is 5.55. The summed E-state index contributed by atoms with van der Waals surface area (Å²) in [6.07, 6.45) is 4.73. The molecule has 4 heterocycles. The van der Waals surface area contributed by atoms with Crippen LogP contribution in [0.3, 0.4) is 0 Å². The summed E-state index contributed by atoms with van der Waals surface area (Å²) >= 11 is 6.41. The van der Waals surface area contributed by atoms with Gasteiger partial charge in [-0.1, -0.05) is 23.7 Å². The van der Waals surface area contributed by atoms with Gasteiger partial charge in [0, 0.05) is 55.0 Å².